The summed E-state index contributed by atoms with van der Waals surface area (Å²) in [5, 5.41) is 3.26. The summed E-state index contributed by atoms with van der Waals surface area (Å²) >= 11 is 0. The van der Waals surface area contributed by atoms with Crippen molar-refractivity contribution in [2.75, 3.05) is 33.5 Å². The largest absolute Gasteiger partial charge is 0.492 e. The van der Waals surface area contributed by atoms with E-state index in [-0.39, 0.29) is 4.90 Å². The molecule has 0 aliphatic carbocycles. The summed E-state index contributed by atoms with van der Waals surface area (Å²) in [6.07, 6.45) is 1.19. The van der Waals surface area contributed by atoms with Gasteiger partial charge < -0.3 is 15.0 Å². The van der Waals surface area contributed by atoms with Crippen LogP contribution in [0.5, 0.6) is 5.75 Å². The average Bonchev–Trinajstić information content (AvgIpc) is 2.63. The number of benzene rings is 2. The number of hydrogen-bond acceptors (Lipinski definition) is 4. The smallest absolute Gasteiger partial charge is 0.193 e. The van der Waals surface area contributed by atoms with E-state index in [4.69, 9.17) is 4.74 Å². The molecule has 0 fully saturated rings. The van der Waals surface area contributed by atoms with Gasteiger partial charge in [-0.3, -0.25) is 4.99 Å². The van der Waals surface area contributed by atoms with Gasteiger partial charge in [0.15, 0.2) is 15.8 Å². The summed E-state index contributed by atoms with van der Waals surface area (Å²) in [5.74, 6) is 1.42. The lowest BCUT2D eigenvalue weighted by Gasteiger charge is -2.22. The molecule has 0 saturated heterocycles. The third-order valence-electron chi connectivity index (χ3n) is 4.02. The predicted molar refractivity (Wildman–Crippen MR) is 109 cm³/mol. The molecule has 0 aliphatic rings. The normalized spacial score (nSPS) is 11.9. The van der Waals surface area contributed by atoms with E-state index < -0.39 is 9.84 Å². The van der Waals surface area contributed by atoms with Crippen LogP contribution in [0, 0.1) is 6.92 Å². The van der Waals surface area contributed by atoms with Crippen molar-refractivity contribution >= 4 is 15.8 Å². The van der Waals surface area contributed by atoms with Crippen LogP contribution in [0.15, 0.2) is 58.4 Å². The van der Waals surface area contributed by atoms with Crippen LogP contribution >= 0.6 is 0 Å². The van der Waals surface area contributed by atoms with Gasteiger partial charge in [-0.15, -0.1) is 0 Å². The molecule has 0 bridgehead atoms. The van der Waals surface area contributed by atoms with Crippen molar-refractivity contribution in [3.63, 3.8) is 0 Å². The Labute approximate surface area is 161 Å². The minimum Gasteiger partial charge on any atom is -0.492 e. The molecule has 146 valence electrons. The van der Waals surface area contributed by atoms with Crippen LogP contribution in [-0.4, -0.2) is 52.8 Å². The molecule has 2 rings (SSSR count). The van der Waals surface area contributed by atoms with Crippen LogP contribution in [0.25, 0.3) is 0 Å². The van der Waals surface area contributed by atoms with Gasteiger partial charge in [-0.05, 0) is 36.8 Å². The number of guanidine groups is 1. The molecule has 6 nitrogen and oxygen atoms in total. The lowest BCUT2D eigenvalue weighted by molar-refractivity contribution is 0.319. The maximum atomic E-state index is 11.5. The Kier molecular flexibility index (Phi) is 7.24. The Morgan fingerprint density at radius 3 is 2.30 bits per heavy atom. The number of sulfone groups is 1. The summed E-state index contributed by atoms with van der Waals surface area (Å²) in [7, 11) is 0.548. The number of aliphatic imine (C=N–C) groups is 1. The molecule has 1 N–H and O–H groups in total. The van der Waals surface area contributed by atoms with Crippen LogP contribution in [0.3, 0.4) is 0 Å². The molecule has 0 spiro atoms. The molecule has 0 amide bonds. The van der Waals surface area contributed by atoms with E-state index in [0.29, 0.717) is 18.9 Å². The lowest BCUT2D eigenvalue weighted by Crippen LogP contribution is -2.40. The number of hydrogen-bond donors (Lipinski definition) is 1. The number of nitrogens with zero attached hydrogens (tertiary/aromatic N) is 2. The SMILES string of the molecule is CN=C(NCCOc1ccc(S(C)(=O)=O)cc1)N(C)Cc1ccc(C)cc1. The van der Waals surface area contributed by atoms with Crippen LogP contribution in [0.2, 0.25) is 0 Å². The Balaban J connectivity index is 1.79. The molecule has 27 heavy (non-hydrogen) atoms. The molecule has 2 aromatic rings. The minimum absolute atomic E-state index is 0.283. The van der Waals surface area contributed by atoms with E-state index >= 15 is 0 Å². The summed E-state index contributed by atoms with van der Waals surface area (Å²) < 4.78 is 28.6. The Morgan fingerprint density at radius 1 is 1.11 bits per heavy atom. The maximum Gasteiger partial charge on any atom is 0.193 e. The van der Waals surface area contributed by atoms with E-state index in [1.165, 1.54) is 17.4 Å². The van der Waals surface area contributed by atoms with Crippen molar-refractivity contribution in [2.45, 2.75) is 18.4 Å². The van der Waals surface area contributed by atoms with Gasteiger partial charge in [-0.25, -0.2) is 8.42 Å². The molecule has 0 aromatic heterocycles. The molecule has 0 saturated carbocycles. The zero-order valence-electron chi connectivity index (χ0n) is 16.3. The monoisotopic (exact) mass is 389 g/mol. The second kappa shape index (κ2) is 9.41. The summed E-state index contributed by atoms with van der Waals surface area (Å²) in [6.45, 7) is 3.85. The lowest BCUT2D eigenvalue weighted by atomic mass is 10.1. The highest BCUT2D eigenvalue weighted by atomic mass is 32.2. The first-order valence-electron chi connectivity index (χ1n) is 8.70. The third-order valence-corrected chi connectivity index (χ3v) is 5.15. The maximum absolute atomic E-state index is 11.5. The second-order valence-corrected chi connectivity index (χ2v) is 8.42. The van der Waals surface area contributed by atoms with Crippen LogP contribution in [-0.2, 0) is 16.4 Å². The number of aryl methyl sites for hydroxylation is 1. The van der Waals surface area contributed by atoms with E-state index in [9.17, 15) is 8.42 Å². The summed E-state index contributed by atoms with van der Waals surface area (Å²) in [4.78, 5) is 6.62. The zero-order valence-corrected chi connectivity index (χ0v) is 17.1. The Hall–Kier alpha value is -2.54. The Bertz CT molecular complexity index is 860. The van der Waals surface area contributed by atoms with Crippen molar-refractivity contribution in [2.24, 2.45) is 4.99 Å². The van der Waals surface area contributed by atoms with Crippen molar-refractivity contribution in [3.8, 4) is 5.75 Å². The fourth-order valence-electron chi connectivity index (χ4n) is 2.54. The fourth-order valence-corrected chi connectivity index (χ4v) is 3.17. The molecule has 7 heteroatoms. The van der Waals surface area contributed by atoms with Gasteiger partial charge >= 0.3 is 0 Å². The molecule has 0 aliphatic heterocycles. The van der Waals surface area contributed by atoms with Gasteiger partial charge in [0.2, 0.25) is 0 Å². The van der Waals surface area contributed by atoms with Gasteiger partial charge in [0, 0.05) is 26.9 Å². The first kappa shape index (κ1) is 20.8. The van der Waals surface area contributed by atoms with E-state index in [1.807, 2.05) is 11.9 Å². The second-order valence-electron chi connectivity index (χ2n) is 6.41. The molecular weight excluding hydrogens is 362 g/mol. The fraction of sp³-hybridized carbons (Fsp3) is 0.350. The first-order valence-corrected chi connectivity index (χ1v) is 10.6. The topological polar surface area (TPSA) is 71.0 Å². The van der Waals surface area contributed by atoms with Gasteiger partial charge in [0.25, 0.3) is 0 Å². The number of rotatable bonds is 7. The number of ether oxygens (including phenoxy) is 1. The summed E-state index contributed by atoms with van der Waals surface area (Å²) in [6, 6.07) is 14.8. The van der Waals surface area contributed by atoms with Crippen molar-refractivity contribution < 1.29 is 13.2 Å². The third kappa shape index (κ3) is 6.60. The minimum atomic E-state index is -3.19. The van der Waals surface area contributed by atoms with E-state index in [0.717, 1.165) is 12.5 Å². The van der Waals surface area contributed by atoms with Gasteiger partial charge in [-0.1, -0.05) is 29.8 Å². The van der Waals surface area contributed by atoms with E-state index in [1.54, 1.807) is 31.3 Å². The quantitative estimate of drug-likeness (QED) is 0.448. The van der Waals surface area contributed by atoms with Crippen molar-refractivity contribution in [1.82, 2.24) is 10.2 Å². The van der Waals surface area contributed by atoms with Gasteiger partial charge in [0.05, 0.1) is 11.4 Å². The highest BCUT2D eigenvalue weighted by Crippen LogP contribution is 2.15. The van der Waals surface area contributed by atoms with Crippen LogP contribution < -0.4 is 10.1 Å². The van der Waals surface area contributed by atoms with Crippen molar-refractivity contribution in [1.29, 1.82) is 0 Å². The number of nitrogens with one attached hydrogen (secondary N) is 1. The predicted octanol–water partition coefficient (Wildman–Crippen LogP) is 2.48. The molecular formula is C20H27N3O3S. The van der Waals surface area contributed by atoms with Gasteiger partial charge in [-0.2, -0.15) is 0 Å². The zero-order chi connectivity index (χ0) is 19.9. The average molecular weight is 390 g/mol. The van der Waals surface area contributed by atoms with Crippen LogP contribution in [0.4, 0.5) is 0 Å². The molecule has 0 radical (unpaired) electrons. The first-order chi connectivity index (χ1) is 12.8. The molecule has 2 aromatic carbocycles. The van der Waals surface area contributed by atoms with E-state index in [2.05, 4.69) is 41.5 Å². The summed E-state index contributed by atoms with van der Waals surface area (Å²) in [5.41, 5.74) is 2.46. The highest BCUT2D eigenvalue weighted by Gasteiger charge is 2.08. The van der Waals surface area contributed by atoms with Crippen molar-refractivity contribution in [3.05, 3.63) is 59.7 Å². The molecule has 0 unspecified atom stereocenters. The molecule has 0 atom stereocenters. The van der Waals surface area contributed by atoms with Crippen LogP contribution in [0.1, 0.15) is 11.1 Å². The standard InChI is InChI=1S/C20H27N3O3S/c1-16-5-7-17(8-6-16)15-23(3)20(21-2)22-13-14-26-18-9-11-19(12-10-18)27(4,24)25/h5-12H,13-15H2,1-4H3,(H,21,22). The molecule has 0 heterocycles. The highest BCUT2D eigenvalue weighted by molar-refractivity contribution is 7.90. The van der Waals surface area contributed by atoms with Gasteiger partial charge in [0.1, 0.15) is 12.4 Å². The Morgan fingerprint density at radius 2 is 1.74 bits per heavy atom.